The molecule has 1 aromatic rings. The Bertz CT molecular complexity index is 427. The molecule has 2 rings (SSSR count). The zero-order valence-electron chi connectivity index (χ0n) is 12.0. The summed E-state index contributed by atoms with van der Waals surface area (Å²) in [6.45, 7) is 2.45. The second-order valence-electron chi connectivity index (χ2n) is 5.62. The summed E-state index contributed by atoms with van der Waals surface area (Å²) in [5.41, 5.74) is 0.628. The SMILES string of the molecule is C[C@@H](NCC(=O)Nc1ccc(F)cc1)C1CCCCC1. The molecular formula is C16H23FN2O. The van der Waals surface area contributed by atoms with Crippen LogP contribution in [0.5, 0.6) is 0 Å². The molecule has 20 heavy (non-hydrogen) atoms. The first-order chi connectivity index (χ1) is 9.65. The summed E-state index contributed by atoms with van der Waals surface area (Å²) in [5.74, 6) is 0.300. The number of rotatable bonds is 5. The van der Waals surface area contributed by atoms with E-state index in [1.165, 1.54) is 44.2 Å². The molecule has 4 heteroatoms. The lowest BCUT2D eigenvalue weighted by molar-refractivity contribution is -0.115. The Morgan fingerprint density at radius 2 is 1.90 bits per heavy atom. The number of amides is 1. The van der Waals surface area contributed by atoms with Crippen LogP contribution < -0.4 is 10.6 Å². The van der Waals surface area contributed by atoms with Crippen molar-refractivity contribution >= 4 is 11.6 Å². The number of carbonyl (C=O) groups excluding carboxylic acids is 1. The Morgan fingerprint density at radius 1 is 1.25 bits per heavy atom. The number of benzene rings is 1. The third-order valence-corrected chi connectivity index (χ3v) is 4.07. The lowest BCUT2D eigenvalue weighted by Crippen LogP contribution is -2.39. The molecule has 110 valence electrons. The maximum atomic E-state index is 12.8. The van der Waals surface area contributed by atoms with Gasteiger partial charge in [0.1, 0.15) is 5.82 Å². The maximum absolute atomic E-state index is 12.8. The first-order valence-corrected chi connectivity index (χ1v) is 7.44. The van der Waals surface area contributed by atoms with E-state index in [2.05, 4.69) is 17.6 Å². The monoisotopic (exact) mass is 278 g/mol. The first-order valence-electron chi connectivity index (χ1n) is 7.44. The summed E-state index contributed by atoms with van der Waals surface area (Å²) in [7, 11) is 0. The van der Waals surface area contributed by atoms with E-state index in [0.717, 1.165) is 0 Å². The van der Waals surface area contributed by atoms with E-state index >= 15 is 0 Å². The van der Waals surface area contributed by atoms with Crippen LogP contribution in [0.4, 0.5) is 10.1 Å². The number of nitrogens with one attached hydrogen (secondary N) is 2. The van der Waals surface area contributed by atoms with Crippen LogP contribution in [0.1, 0.15) is 39.0 Å². The van der Waals surface area contributed by atoms with Gasteiger partial charge in [0, 0.05) is 11.7 Å². The summed E-state index contributed by atoms with van der Waals surface area (Å²) < 4.78 is 12.8. The van der Waals surface area contributed by atoms with Crippen LogP contribution in [-0.2, 0) is 4.79 Å². The molecule has 3 nitrogen and oxygen atoms in total. The standard InChI is InChI=1S/C16H23FN2O/c1-12(13-5-3-2-4-6-13)18-11-16(20)19-15-9-7-14(17)8-10-15/h7-10,12-13,18H,2-6,11H2,1H3,(H,19,20)/t12-/m1/s1. The predicted octanol–water partition coefficient (Wildman–Crippen LogP) is 3.32. The largest absolute Gasteiger partial charge is 0.325 e. The smallest absolute Gasteiger partial charge is 0.238 e. The Hall–Kier alpha value is -1.42. The third kappa shape index (κ3) is 4.60. The van der Waals surface area contributed by atoms with Gasteiger partial charge in [-0.3, -0.25) is 4.79 Å². The average molecular weight is 278 g/mol. The van der Waals surface area contributed by atoms with Crippen molar-refractivity contribution < 1.29 is 9.18 Å². The fourth-order valence-electron chi connectivity index (χ4n) is 2.79. The fourth-order valence-corrected chi connectivity index (χ4v) is 2.79. The summed E-state index contributed by atoms with van der Waals surface area (Å²) in [6, 6.07) is 6.19. The number of hydrogen-bond acceptors (Lipinski definition) is 2. The molecular weight excluding hydrogens is 255 g/mol. The van der Waals surface area contributed by atoms with E-state index in [1.807, 2.05) is 0 Å². The Morgan fingerprint density at radius 3 is 2.55 bits per heavy atom. The molecule has 2 N–H and O–H groups in total. The topological polar surface area (TPSA) is 41.1 Å². The van der Waals surface area contributed by atoms with Gasteiger partial charge >= 0.3 is 0 Å². The van der Waals surface area contributed by atoms with Crippen LogP contribution >= 0.6 is 0 Å². The molecule has 0 aliphatic heterocycles. The Kier molecular flexibility index (Phi) is 5.53. The highest BCUT2D eigenvalue weighted by atomic mass is 19.1. The molecule has 1 aliphatic rings. The zero-order valence-corrected chi connectivity index (χ0v) is 12.0. The van der Waals surface area contributed by atoms with E-state index < -0.39 is 0 Å². The number of carbonyl (C=O) groups is 1. The normalized spacial score (nSPS) is 17.7. The number of hydrogen-bond donors (Lipinski definition) is 2. The minimum Gasteiger partial charge on any atom is -0.325 e. The quantitative estimate of drug-likeness (QED) is 0.867. The molecule has 0 aromatic heterocycles. The van der Waals surface area contributed by atoms with Crippen LogP contribution in [0, 0.1) is 11.7 Å². The van der Waals surface area contributed by atoms with Crippen LogP contribution in [0.15, 0.2) is 24.3 Å². The van der Waals surface area contributed by atoms with Crippen molar-refractivity contribution in [2.75, 3.05) is 11.9 Å². The number of anilines is 1. The van der Waals surface area contributed by atoms with E-state index in [-0.39, 0.29) is 11.7 Å². The van der Waals surface area contributed by atoms with Gasteiger partial charge < -0.3 is 10.6 Å². The van der Waals surface area contributed by atoms with Gasteiger partial charge in [-0.1, -0.05) is 19.3 Å². The second-order valence-corrected chi connectivity index (χ2v) is 5.62. The van der Waals surface area contributed by atoms with Gasteiger partial charge in [0.15, 0.2) is 0 Å². The summed E-state index contributed by atoms with van der Waals surface area (Å²) in [6.07, 6.45) is 6.46. The fraction of sp³-hybridized carbons (Fsp3) is 0.562. The van der Waals surface area contributed by atoms with Gasteiger partial charge in [-0.15, -0.1) is 0 Å². The lowest BCUT2D eigenvalue weighted by atomic mass is 9.84. The van der Waals surface area contributed by atoms with Gasteiger partial charge in [0.25, 0.3) is 0 Å². The van der Waals surface area contributed by atoms with Crippen molar-refractivity contribution in [3.05, 3.63) is 30.1 Å². The van der Waals surface area contributed by atoms with Gasteiger partial charge in [0.2, 0.25) is 5.91 Å². The van der Waals surface area contributed by atoms with E-state index in [9.17, 15) is 9.18 Å². The first kappa shape index (κ1) is 15.0. The average Bonchev–Trinajstić information content (AvgIpc) is 2.48. The lowest BCUT2D eigenvalue weighted by Gasteiger charge is -2.28. The molecule has 1 aromatic carbocycles. The molecule has 1 aliphatic carbocycles. The molecule has 1 fully saturated rings. The van der Waals surface area contributed by atoms with Crippen LogP contribution in [0.3, 0.4) is 0 Å². The third-order valence-electron chi connectivity index (χ3n) is 4.07. The molecule has 0 saturated heterocycles. The van der Waals surface area contributed by atoms with Gasteiger partial charge in [0.05, 0.1) is 6.54 Å². The maximum Gasteiger partial charge on any atom is 0.238 e. The highest BCUT2D eigenvalue weighted by molar-refractivity contribution is 5.92. The van der Waals surface area contributed by atoms with Crippen LogP contribution in [0.25, 0.3) is 0 Å². The van der Waals surface area contributed by atoms with E-state index in [4.69, 9.17) is 0 Å². The van der Waals surface area contributed by atoms with Gasteiger partial charge in [-0.2, -0.15) is 0 Å². The van der Waals surface area contributed by atoms with E-state index in [1.54, 1.807) is 12.1 Å². The molecule has 1 amide bonds. The molecule has 0 unspecified atom stereocenters. The second kappa shape index (κ2) is 7.39. The number of halogens is 1. The van der Waals surface area contributed by atoms with E-state index in [0.29, 0.717) is 24.2 Å². The van der Waals surface area contributed by atoms with Crippen LogP contribution in [0.2, 0.25) is 0 Å². The Balaban J connectivity index is 1.72. The molecule has 0 spiro atoms. The molecule has 1 atom stereocenters. The highest BCUT2D eigenvalue weighted by Crippen LogP contribution is 2.26. The Labute approximate surface area is 120 Å². The highest BCUT2D eigenvalue weighted by Gasteiger charge is 2.20. The zero-order chi connectivity index (χ0) is 14.4. The minimum atomic E-state index is -0.299. The van der Waals surface area contributed by atoms with Crippen molar-refractivity contribution in [1.82, 2.24) is 5.32 Å². The van der Waals surface area contributed by atoms with Crippen molar-refractivity contribution in [1.29, 1.82) is 0 Å². The summed E-state index contributed by atoms with van der Waals surface area (Å²) >= 11 is 0. The molecule has 0 radical (unpaired) electrons. The molecule has 0 bridgehead atoms. The minimum absolute atomic E-state index is 0.0840. The van der Waals surface area contributed by atoms with Crippen molar-refractivity contribution in [2.24, 2.45) is 5.92 Å². The molecule has 1 saturated carbocycles. The van der Waals surface area contributed by atoms with Gasteiger partial charge in [-0.05, 0) is 49.9 Å². The van der Waals surface area contributed by atoms with Crippen molar-refractivity contribution in [3.63, 3.8) is 0 Å². The summed E-state index contributed by atoms with van der Waals surface area (Å²) in [5, 5.41) is 6.06. The van der Waals surface area contributed by atoms with Crippen molar-refractivity contribution in [2.45, 2.75) is 45.1 Å². The summed E-state index contributed by atoms with van der Waals surface area (Å²) in [4.78, 5) is 11.8. The predicted molar refractivity (Wildman–Crippen MR) is 79.1 cm³/mol. The van der Waals surface area contributed by atoms with Gasteiger partial charge in [-0.25, -0.2) is 4.39 Å². The van der Waals surface area contributed by atoms with Crippen LogP contribution in [-0.4, -0.2) is 18.5 Å². The van der Waals surface area contributed by atoms with Crippen molar-refractivity contribution in [3.8, 4) is 0 Å². The molecule has 0 heterocycles.